The number of hydrogen-bond donors (Lipinski definition) is 1. The number of hydrogen-bond acceptors (Lipinski definition) is 4. The first kappa shape index (κ1) is 24.8. The Morgan fingerprint density at radius 1 is 1.00 bits per heavy atom. The fourth-order valence-corrected chi connectivity index (χ4v) is 6.02. The lowest BCUT2D eigenvalue weighted by atomic mass is 10.1. The molecule has 2 aliphatic heterocycles. The lowest BCUT2D eigenvalue weighted by molar-refractivity contribution is -0.127. The standard InChI is InChI=1S/C28H26FN3O4S/c29-22-9-3-1-7-20(22)18-32-23-17-19(27(34)30-14-6-16-31-15-5-11-26(31)33)12-13-25(23)37(36)24-10-4-2-8-21(24)28(32)35/h1-4,7-10,12-13,17H,5-6,11,14-16,18H2,(H,30,34)/t37-/m0/s1. The molecule has 2 aliphatic rings. The van der Waals surface area contributed by atoms with Gasteiger partial charge in [-0.25, -0.2) is 8.60 Å². The minimum absolute atomic E-state index is 0.0843. The van der Waals surface area contributed by atoms with Gasteiger partial charge >= 0.3 is 0 Å². The molecule has 0 bridgehead atoms. The third-order valence-electron chi connectivity index (χ3n) is 6.62. The number of nitrogens with zero attached hydrogens (tertiary/aromatic N) is 2. The Bertz CT molecular complexity index is 1410. The first-order valence-corrected chi connectivity index (χ1v) is 13.3. The number of nitrogens with one attached hydrogen (secondary N) is 1. The summed E-state index contributed by atoms with van der Waals surface area (Å²) in [5.41, 5.74) is 1.18. The largest absolute Gasteiger partial charge is 0.352 e. The van der Waals surface area contributed by atoms with Crippen LogP contribution in [0.15, 0.2) is 76.5 Å². The third kappa shape index (κ3) is 5.04. The Labute approximate surface area is 216 Å². The highest BCUT2D eigenvalue weighted by molar-refractivity contribution is 7.85. The van der Waals surface area contributed by atoms with Crippen LogP contribution in [-0.4, -0.2) is 46.5 Å². The maximum atomic E-state index is 14.6. The second kappa shape index (κ2) is 10.6. The Morgan fingerprint density at radius 2 is 1.78 bits per heavy atom. The summed E-state index contributed by atoms with van der Waals surface area (Å²) in [6, 6.07) is 17.5. The van der Waals surface area contributed by atoms with E-state index < -0.39 is 22.5 Å². The predicted molar refractivity (Wildman–Crippen MR) is 137 cm³/mol. The quantitative estimate of drug-likeness (QED) is 0.480. The van der Waals surface area contributed by atoms with Gasteiger partial charge in [0.05, 0.1) is 38.4 Å². The highest BCUT2D eigenvalue weighted by Gasteiger charge is 2.32. The van der Waals surface area contributed by atoms with E-state index in [1.54, 1.807) is 59.5 Å². The monoisotopic (exact) mass is 519 g/mol. The molecular weight excluding hydrogens is 493 g/mol. The fourth-order valence-electron chi connectivity index (χ4n) is 4.67. The molecule has 9 heteroatoms. The molecule has 3 aromatic carbocycles. The van der Waals surface area contributed by atoms with Gasteiger partial charge in [0.15, 0.2) is 0 Å². The van der Waals surface area contributed by atoms with Gasteiger partial charge in [0.1, 0.15) is 5.82 Å². The van der Waals surface area contributed by atoms with E-state index in [1.165, 1.54) is 17.0 Å². The Hall–Kier alpha value is -3.85. The van der Waals surface area contributed by atoms with Gasteiger partial charge in [-0.1, -0.05) is 30.3 Å². The predicted octanol–water partition coefficient (Wildman–Crippen LogP) is 3.90. The van der Waals surface area contributed by atoms with Crippen molar-refractivity contribution >= 4 is 34.2 Å². The van der Waals surface area contributed by atoms with E-state index in [0.29, 0.717) is 52.5 Å². The van der Waals surface area contributed by atoms with Crippen LogP contribution in [0.3, 0.4) is 0 Å². The van der Waals surface area contributed by atoms with E-state index in [1.807, 2.05) is 0 Å². The lowest BCUT2D eigenvalue weighted by Crippen LogP contribution is -2.32. The summed E-state index contributed by atoms with van der Waals surface area (Å²) in [6.07, 6.45) is 2.07. The van der Waals surface area contributed by atoms with Crippen molar-refractivity contribution in [2.75, 3.05) is 24.5 Å². The van der Waals surface area contributed by atoms with Crippen LogP contribution in [0.5, 0.6) is 0 Å². The van der Waals surface area contributed by atoms with Crippen LogP contribution in [0.4, 0.5) is 10.1 Å². The van der Waals surface area contributed by atoms with Crippen molar-refractivity contribution < 1.29 is 23.0 Å². The number of anilines is 1. The molecule has 5 rings (SSSR count). The Morgan fingerprint density at radius 3 is 2.57 bits per heavy atom. The topological polar surface area (TPSA) is 86.8 Å². The summed E-state index contributed by atoms with van der Waals surface area (Å²) < 4.78 is 28.1. The summed E-state index contributed by atoms with van der Waals surface area (Å²) >= 11 is 0. The molecule has 3 amide bonds. The molecule has 0 aromatic heterocycles. The molecule has 0 spiro atoms. The molecule has 1 saturated heterocycles. The van der Waals surface area contributed by atoms with E-state index >= 15 is 0 Å². The van der Waals surface area contributed by atoms with E-state index in [9.17, 15) is 23.0 Å². The van der Waals surface area contributed by atoms with Crippen LogP contribution >= 0.6 is 0 Å². The zero-order chi connectivity index (χ0) is 25.9. The molecule has 1 fully saturated rings. The number of amides is 3. The maximum absolute atomic E-state index is 14.6. The van der Waals surface area contributed by atoms with Crippen molar-refractivity contribution in [3.63, 3.8) is 0 Å². The summed E-state index contributed by atoms with van der Waals surface area (Å²) in [6.45, 7) is 1.64. The van der Waals surface area contributed by atoms with Crippen molar-refractivity contribution in [3.8, 4) is 0 Å². The zero-order valence-corrected chi connectivity index (χ0v) is 20.9. The summed E-state index contributed by atoms with van der Waals surface area (Å²) in [4.78, 5) is 42.3. The van der Waals surface area contributed by atoms with Crippen molar-refractivity contribution in [3.05, 3.63) is 89.2 Å². The van der Waals surface area contributed by atoms with Gasteiger partial charge in [0.25, 0.3) is 11.8 Å². The highest BCUT2D eigenvalue weighted by Crippen LogP contribution is 2.36. The van der Waals surface area contributed by atoms with Gasteiger partial charge in [0.2, 0.25) is 5.91 Å². The van der Waals surface area contributed by atoms with Crippen molar-refractivity contribution in [1.82, 2.24) is 10.2 Å². The van der Waals surface area contributed by atoms with E-state index in [0.717, 1.165) is 13.0 Å². The number of likely N-dealkylation sites (tertiary alicyclic amines) is 1. The smallest absolute Gasteiger partial charge is 0.259 e. The zero-order valence-electron chi connectivity index (χ0n) is 20.1. The fraction of sp³-hybridized carbons (Fsp3) is 0.250. The van der Waals surface area contributed by atoms with Crippen LogP contribution in [0.2, 0.25) is 0 Å². The minimum Gasteiger partial charge on any atom is -0.352 e. The van der Waals surface area contributed by atoms with Crippen LogP contribution < -0.4 is 10.2 Å². The van der Waals surface area contributed by atoms with Crippen LogP contribution in [0.25, 0.3) is 0 Å². The lowest BCUT2D eigenvalue weighted by Gasteiger charge is -2.24. The van der Waals surface area contributed by atoms with Gasteiger partial charge in [-0.2, -0.15) is 0 Å². The summed E-state index contributed by atoms with van der Waals surface area (Å²) in [5.74, 6) is -1.08. The first-order chi connectivity index (χ1) is 17.9. The maximum Gasteiger partial charge on any atom is 0.259 e. The molecule has 37 heavy (non-hydrogen) atoms. The van der Waals surface area contributed by atoms with Gasteiger partial charge in [-0.05, 0) is 49.2 Å². The molecule has 0 unspecified atom stereocenters. The molecule has 0 aliphatic carbocycles. The Balaban J connectivity index is 1.43. The number of carbonyl (C=O) groups excluding carboxylic acids is 3. The average Bonchev–Trinajstić information content (AvgIpc) is 3.30. The molecule has 0 radical (unpaired) electrons. The number of halogens is 1. The van der Waals surface area contributed by atoms with E-state index in [-0.39, 0.29) is 23.9 Å². The molecule has 0 saturated carbocycles. The summed E-state index contributed by atoms with van der Waals surface area (Å²) in [5, 5.41) is 2.86. The van der Waals surface area contributed by atoms with Crippen LogP contribution in [0, 0.1) is 5.82 Å². The van der Waals surface area contributed by atoms with Crippen molar-refractivity contribution in [2.24, 2.45) is 0 Å². The second-order valence-corrected chi connectivity index (χ2v) is 10.4. The molecule has 2 heterocycles. The number of carbonyl (C=O) groups is 3. The van der Waals surface area contributed by atoms with Gasteiger partial charge in [-0.15, -0.1) is 0 Å². The van der Waals surface area contributed by atoms with Crippen LogP contribution in [0.1, 0.15) is 45.5 Å². The molecule has 190 valence electrons. The number of fused-ring (bicyclic) bond motifs is 2. The molecule has 7 nitrogen and oxygen atoms in total. The summed E-state index contributed by atoms with van der Waals surface area (Å²) in [7, 11) is -1.67. The van der Waals surface area contributed by atoms with Crippen LogP contribution in [-0.2, 0) is 22.1 Å². The van der Waals surface area contributed by atoms with Gasteiger partial charge < -0.3 is 15.1 Å². The molecule has 1 N–H and O–H groups in total. The molecule has 3 aromatic rings. The minimum atomic E-state index is -1.67. The van der Waals surface area contributed by atoms with Gasteiger partial charge in [0, 0.05) is 37.2 Å². The van der Waals surface area contributed by atoms with Crippen molar-refractivity contribution in [2.45, 2.75) is 35.6 Å². The second-order valence-electron chi connectivity index (χ2n) is 9.02. The van der Waals surface area contributed by atoms with Gasteiger partial charge in [-0.3, -0.25) is 14.4 Å². The normalized spacial score (nSPS) is 16.8. The molecule has 1 atom stereocenters. The average molecular weight is 520 g/mol. The Kier molecular flexibility index (Phi) is 7.14. The SMILES string of the molecule is O=C(NCCCN1CCCC1=O)c1ccc2c(c1)N(Cc1ccccc1F)C(=O)c1ccccc1[S@@]2=O. The number of benzene rings is 3. The number of rotatable bonds is 7. The third-order valence-corrected chi connectivity index (χ3v) is 8.12. The van der Waals surface area contributed by atoms with E-state index in [4.69, 9.17) is 0 Å². The first-order valence-electron chi connectivity index (χ1n) is 12.2. The van der Waals surface area contributed by atoms with E-state index in [2.05, 4.69) is 5.32 Å². The highest BCUT2D eigenvalue weighted by atomic mass is 32.2. The van der Waals surface area contributed by atoms with Crippen molar-refractivity contribution in [1.29, 1.82) is 0 Å². The molecular formula is C28H26FN3O4S.